The van der Waals surface area contributed by atoms with Gasteiger partial charge < -0.3 is 15.0 Å². The van der Waals surface area contributed by atoms with E-state index in [0.717, 1.165) is 38.9 Å². The fourth-order valence-electron chi connectivity index (χ4n) is 4.99. The third kappa shape index (κ3) is 5.57. The van der Waals surface area contributed by atoms with Gasteiger partial charge in [0.15, 0.2) is 0 Å². The van der Waals surface area contributed by atoms with Crippen molar-refractivity contribution in [3.63, 3.8) is 0 Å². The summed E-state index contributed by atoms with van der Waals surface area (Å²) in [6, 6.07) is 20.8. The number of nitrogens with zero attached hydrogens (tertiary/aromatic N) is 1. The summed E-state index contributed by atoms with van der Waals surface area (Å²) in [6.07, 6.45) is 4.78. The zero-order valence-electron chi connectivity index (χ0n) is 18.8. The highest BCUT2D eigenvalue weighted by atomic mass is 16.5. The Bertz CT molecular complexity index is 878. The van der Waals surface area contributed by atoms with Crippen LogP contribution in [0.4, 0.5) is 0 Å². The van der Waals surface area contributed by atoms with Gasteiger partial charge >= 0.3 is 0 Å². The molecule has 2 aliphatic heterocycles. The second kappa shape index (κ2) is 10.8. The highest BCUT2D eigenvalue weighted by Crippen LogP contribution is 2.34. The summed E-state index contributed by atoms with van der Waals surface area (Å²) in [5, 5.41) is 3.25. The maximum Gasteiger partial charge on any atom is 0.224 e. The molecule has 2 aliphatic rings. The summed E-state index contributed by atoms with van der Waals surface area (Å²) >= 11 is 0. The first-order chi connectivity index (χ1) is 15.7. The van der Waals surface area contributed by atoms with Gasteiger partial charge in [-0.3, -0.25) is 9.59 Å². The molecule has 1 N–H and O–H groups in total. The standard InChI is InChI=1S/C27H34N2O3/c30-25-14-13-23(20-29(25)17-7-10-22-8-3-1-4-9-22)26(31)28-21-27(15-18-32-19-16-27)24-11-5-2-6-12-24/h1-6,8-9,11-12,23H,7,10,13-21H2,(H,28,31)/t23-/m0/s1. The maximum absolute atomic E-state index is 13.1. The van der Waals surface area contributed by atoms with Crippen molar-refractivity contribution in [2.45, 2.75) is 43.9 Å². The van der Waals surface area contributed by atoms with Crippen LogP contribution in [0.1, 0.15) is 43.2 Å². The predicted molar refractivity (Wildman–Crippen MR) is 125 cm³/mol. The maximum atomic E-state index is 13.1. The van der Waals surface area contributed by atoms with Crippen LogP contribution in [-0.2, 0) is 26.2 Å². The second-order valence-corrected chi connectivity index (χ2v) is 9.14. The predicted octanol–water partition coefficient (Wildman–Crippen LogP) is 3.72. The van der Waals surface area contributed by atoms with E-state index in [1.54, 1.807) is 0 Å². The minimum atomic E-state index is -0.128. The number of carbonyl (C=O) groups is 2. The number of ether oxygens (including phenoxy) is 1. The number of likely N-dealkylation sites (tertiary alicyclic amines) is 1. The first-order valence-corrected chi connectivity index (χ1v) is 11.9. The fourth-order valence-corrected chi connectivity index (χ4v) is 4.99. The van der Waals surface area contributed by atoms with Crippen molar-refractivity contribution < 1.29 is 14.3 Å². The van der Waals surface area contributed by atoms with Crippen LogP contribution in [0, 0.1) is 5.92 Å². The molecule has 2 aromatic carbocycles. The molecule has 0 aromatic heterocycles. The molecule has 2 amide bonds. The minimum absolute atomic E-state index is 0.0744. The van der Waals surface area contributed by atoms with Crippen molar-refractivity contribution in [3.8, 4) is 0 Å². The van der Waals surface area contributed by atoms with Crippen molar-refractivity contribution in [2.24, 2.45) is 5.92 Å². The highest BCUT2D eigenvalue weighted by Gasteiger charge is 2.36. The van der Waals surface area contributed by atoms with Gasteiger partial charge in [-0.05, 0) is 43.2 Å². The number of rotatable bonds is 8. The van der Waals surface area contributed by atoms with E-state index >= 15 is 0 Å². The molecule has 1 atom stereocenters. The number of hydrogen-bond acceptors (Lipinski definition) is 3. The normalized spacial score (nSPS) is 20.7. The lowest BCUT2D eigenvalue weighted by Crippen LogP contribution is -2.50. The summed E-state index contributed by atoms with van der Waals surface area (Å²) in [6.45, 7) is 3.30. The van der Waals surface area contributed by atoms with Crippen LogP contribution in [0.3, 0.4) is 0 Å². The van der Waals surface area contributed by atoms with E-state index in [0.29, 0.717) is 32.5 Å². The minimum Gasteiger partial charge on any atom is -0.381 e. The van der Waals surface area contributed by atoms with Gasteiger partial charge in [-0.1, -0.05) is 60.7 Å². The summed E-state index contributed by atoms with van der Waals surface area (Å²) in [5.41, 5.74) is 2.48. The lowest BCUT2D eigenvalue weighted by molar-refractivity contribution is -0.138. The highest BCUT2D eigenvalue weighted by molar-refractivity contribution is 5.83. The molecule has 32 heavy (non-hydrogen) atoms. The number of amides is 2. The number of piperidine rings is 1. The Morgan fingerprint density at radius 3 is 2.44 bits per heavy atom. The Morgan fingerprint density at radius 2 is 1.72 bits per heavy atom. The molecule has 0 bridgehead atoms. The second-order valence-electron chi connectivity index (χ2n) is 9.14. The lowest BCUT2D eigenvalue weighted by atomic mass is 9.74. The van der Waals surface area contributed by atoms with Crippen molar-refractivity contribution in [2.75, 3.05) is 32.8 Å². The summed E-state index contributed by atoms with van der Waals surface area (Å²) in [7, 11) is 0. The summed E-state index contributed by atoms with van der Waals surface area (Å²) < 4.78 is 5.61. The van der Waals surface area contributed by atoms with Crippen LogP contribution in [-0.4, -0.2) is 49.6 Å². The van der Waals surface area contributed by atoms with Gasteiger partial charge in [-0.15, -0.1) is 0 Å². The molecule has 0 aliphatic carbocycles. The fraction of sp³-hybridized carbons (Fsp3) is 0.481. The number of benzene rings is 2. The van der Waals surface area contributed by atoms with Crippen LogP contribution >= 0.6 is 0 Å². The largest absolute Gasteiger partial charge is 0.381 e. The van der Waals surface area contributed by atoms with Gasteiger partial charge in [0.05, 0.1) is 5.92 Å². The van der Waals surface area contributed by atoms with Crippen molar-refractivity contribution in [1.82, 2.24) is 10.2 Å². The van der Waals surface area contributed by atoms with Crippen molar-refractivity contribution in [3.05, 3.63) is 71.8 Å². The Hall–Kier alpha value is -2.66. The van der Waals surface area contributed by atoms with Crippen LogP contribution in [0.2, 0.25) is 0 Å². The van der Waals surface area contributed by atoms with Crippen LogP contribution < -0.4 is 5.32 Å². The van der Waals surface area contributed by atoms with E-state index in [1.165, 1.54) is 11.1 Å². The molecule has 0 saturated carbocycles. The van der Waals surface area contributed by atoms with E-state index in [2.05, 4.69) is 41.7 Å². The SMILES string of the molecule is O=C(NCC1(c2ccccc2)CCOCC1)[C@H]1CCC(=O)N(CCCc2ccccc2)C1. The van der Waals surface area contributed by atoms with Gasteiger partial charge in [-0.25, -0.2) is 0 Å². The molecule has 5 heteroatoms. The summed E-state index contributed by atoms with van der Waals surface area (Å²) in [4.78, 5) is 27.4. The number of nitrogens with one attached hydrogen (secondary N) is 1. The van der Waals surface area contributed by atoms with Crippen LogP contribution in [0.15, 0.2) is 60.7 Å². The molecule has 2 aromatic rings. The van der Waals surface area contributed by atoms with E-state index in [1.807, 2.05) is 29.2 Å². The topological polar surface area (TPSA) is 58.6 Å². The van der Waals surface area contributed by atoms with Gasteiger partial charge in [0.25, 0.3) is 0 Å². The summed E-state index contributed by atoms with van der Waals surface area (Å²) in [5.74, 6) is 0.122. The molecular weight excluding hydrogens is 400 g/mol. The molecule has 5 nitrogen and oxygen atoms in total. The Kier molecular flexibility index (Phi) is 7.59. The average Bonchev–Trinajstić information content (AvgIpc) is 2.85. The number of hydrogen-bond donors (Lipinski definition) is 1. The molecule has 0 radical (unpaired) electrons. The average molecular weight is 435 g/mol. The number of aryl methyl sites for hydroxylation is 1. The monoisotopic (exact) mass is 434 g/mol. The molecular formula is C27H34N2O3. The third-order valence-electron chi connectivity index (χ3n) is 7.04. The molecule has 2 saturated heterocycles. The first-order valence-electron chi connectivity index (χ1n) is 11.9. The molecule has 0 spiro atoms. The van der Waals surface area contributed by atoms with E-state index in [9.17, 15) is 9.59 Å². The Labute approximate surface area is 191 Å². The van der Waals surface area contributed by atoms with Gasteiger partial charge in [0.2, 0.25) is 11.8 Å². The third-order valence-corrected chi connectivity index (χ3v) is 7.04. The van der Waals surface area contributed by atoms with Gasteiger partial charge in [-0.2, -0.15) is 0 Å². The first kappa shape index (κ1) is 22.5. The quantitative estimate of drug-likeness (QED) is 0.689. The molecule has 4 rings (SSSR count). The molecule has 2 fully saturated rings. The zero-order chi connectivity index (χ0) is 22.2. The van der Waals surface area contributed by atoms with E-state index in [4.69, 9.17) is 4.74 Å². The van der Waals surface area contributed by atoms with Crippen LogP contribution in [0.25, 0.3) is 0 Å². The zero-order valence-corrected chi connectivity index (χ0v) is 18.8. The number of carbonyl (C=O) groups excluding carboxylic acids is 2. The van der Waals surface area contributed by atoms with Gasteiger partial charge in [0, 0.05) is 44.7 Å². The molecule has 2 heterocycles. The van der Waals surface area contributed by atoms with E-state index in [-0.39, 0.29) is 23.1 Å². The van der Waals surface area contributed by atoms with Crippen molar-refractivity contribution in [1.29, 1.82) is 0 Å². The molecule has 170 valence electrons. The molecule has 0 unspecified atom stereocenters. The lowest BCUT2D eigenvalue weighted by Gasteiger charge is -2.39. The Balaban J connectivity index is 1.31. The van der Waals surface area contributed by atoms with E-state index < -0.39 is 0 Å². The van der Waals surface area contributed by atoms with Crippen LogP contribution in [0.5, 0.6) is 0 Å². The Morgan fingerprint density at radius 1 is 1.03 bits per heavy atom. The van der Waals surface area contributed by atoms with Gasteiger partial charge in [0.1, 0.15) is 0 Å². The van der Waals surface area contributed by atoms with Crippen molar-refractivity contribution >= 4 is 11.8 Å². The smallest absolute Gasteiger partial charge is 0.224 e.